The third kappa shape index (κ3) is 5.03. The van der Waals surface area contributed by atoms with E-state index in [0.29, 0.717) is 60.3 Å². The summed E-state index contributed by atoms with van der Waals surface area (Å²) in [4.78, 5) is 36.1. The molecule has 1 aromatic carbocycles. The average Bonchev–Trinajstić information content (AvgIpc) is 2.80. The maximum atomic E-state index is 12.3. The lowest BCUT2D eigenvalue weighted by atomic mass is 10.2. The summed E-state index contributed by atoms with van der Waals surface area (Å²) in [5, 5.41) is 0.681. The molecule has 1 aliphatic rings. The molecule has 2 N–H and O–H groups in total. The van der Waals surface area contributed by atoms with Crippen molar-refractivity contribution in [3.05, 3.63) is 36.4 Å². The molecule has 3 rings (SSSR count). The van der Waals surface area contributed by atoms with Gasteiger partial charge in [0.1, 0.15) is 5.82 Å². The number of anilines is 2. The van der Waals surface area contributed by atoms with Crippen LogP contribution in [0.5, 0.6) is 11.5 Å². The molecule has 2 aromatic rings. The number of esters is 1. The number of methoxy groups -OCH3 is 3. The zero-order chi connectivity index (χ0) is 22.4. The van der Waals surface area contributed by atoms with Gasteiger partial charge in [-0.15, -0.1) is 0 Å². The minimum atomic E-state index is -0.476. The van der Waals surface area contributed by atoms with Gasteiger partial charge in [0, 0.05) is 49.8 Å². The number of aromatic nitrogens is 2. The van der Waals surface area contributed by atoms with Crippen molar-refractivity contribution in [2.45, 2.75) is 0 Å². The number of benzene rings is 1. The van der Waals surface area contributed by atoms with Crippen molar-refractivity contribution in [1.82, 2.24) is 14.9 Å². The summed E-state index contributed by atoms with van der Waals surface area (Å²) in [5.74, 6) is 1.35. The number of allylic oxidation sites excluding steroid dienone is 2. The van der Waals surface area contributed by atoms with Crippen LogP contribution in [0.4, 0.5) is 11.8 Å². The lowest BCUT2D eigenvalue weighted by Crippen LogP contribution is -2.48. The number of ether oxygens (including phenoxy) is 3. The van der Waals surface area contributed by atoms with E-state index >= 15 is 0 Å². The number of carbonyl (C=O) groups excluding carboxylic acids is 2. The summed E-state index contributed by atoms with van der Waals surface area (Å²) in [6.45, 7) is 2.15. The van der Waals surface area contributed by atoms with Crippen LogP contribution in [0.25, 0.3) is 10.9 Å². The van der Waals surface area contributed by atoms with Gasteiger partial charge >= 0.3 is 5.97 Å². The molecular weight excluding hydrogens is 402 g/mol. The van der Waals surface area contributed by atoms with Crippen LogP contribution in [0.15, 0.2) is 36.4 Å². The van der Waals surface area contributed by atoms with Crippen molar-refractivity contribution in [3.8, 4) is 11.5 Å². The summed E-state index contributed by atoms with van der Waals surface area (Å²) in [7, 11) is 4.41. The van der Waals surface area contributed by atoms with E-state index in [2.05, 4.69) is 14.7 Å². The molecule has 2 heterocycles. The number of hydrogen-bond acceptors (Lipinski definition) is 9. The minimum absolute atomic E-state index is 0.134. The zero-order valence-corrected chi connectivity index (χ0v) is 17.7. The minimum Gasteiger partial charge on any atom is -0.493 e. The lowest BCUT2D eigenvalue weighted by Gasteiger charge is -2.34. The van der Waals surface area contributed by atoms with E-state index in [4.69, 9.17) is 15.2 Å². The molecule has 0 saturated carbocycles. The van der Waals surface area contributed by atoms with Gasteiger partial charge in [-0.05, 0) is 6.07 Å². The van der Waals surface area contributed by atoms with Crippen LogP contribution in [0.1, 0.15) is 0 Å². The first-order valence-corrected chi connectivity index (χ1v) is 9.62. The number of fused-ring (bicyclic) bond motifs is 1. The number of rotatable bonds is 6. The van der Waals surface area contributed by atoms with Crippen molar-refractivity contribution in [3.63, 3.8) is 0 Å². The van der Waals surface area contributed by atoms with Gasteiger partial charge in [0.2, 0.25) is 11.9 Å². The molecule has 164 valence electrons. The van der Waals surface area contributed by atoms with Crippen molar-refractivity contribution in [2.75, 3.05) is 58.1 Å². The fraction of sp³-hybridized carbons (Fsp3) is 0.333. The normalized spacial score (nSPS) is 14.4. The first-order chi connectivity index (χ1) is 15.0. The molecule has 0 radical (unpaired) electrons. The Morgan fingerprint density at radius 2 is 1.61 bits per heavy atom. The molecule has 1 saturated heterocycles. The molecule has 10 nitrogen and oxygen atoms in total. The molecule has 1 aromatic heterocycles. The highest BCUT2D eigenvalue weighted by atomic mass is 16.5. The smallest absolute Gasteiger partial charge is 0.330 e. The lowest BCUT2D eigenvalue weighted by molar-refractivity contribution is -0.134. The molecule has 31 heavy (non-hydrogen) atoms. The first-order valence-electron chi connectivity index (χ1n) is 9.62. The monoisotopic (exact) mass is 427 g/mol. The van der Waals surface area contributed by atoms with Gasteiger partial charge in [0.25, 0.3) is 0 Å². The Balaban J connectivity index is 1.69. The summed E-state index contributed by atoms with van der Waals surface area (Å²) in [5.41, 5.74) is 6.82. The summed E-state index contributed by atoms with van der Waals surface area (Å²) in [6, 6.07) is 3.52. The number of nitrogen functional groups attached to an aromatic ring is 1. The zero-order valence-electron chi connectivity index (χ0n) is 17.7. The van der Waals surface area contributed by atoms with Gasteiger partial charge in [-0.25, -0.2) is 9.78 Å². The van der Waals surface area contributed by atoms with E-state index in [9.17, 15) is 9.59 Å². The number of amides is 1. The highest BCUT2D eigenvalue weighted by Gasteiger charge is 2.22. The Bertz CT molecular complexity index is 1030. The summed E-state index contributed by atoms with van der Waals surface area (Å²) < 4.78 is 15.2. The maximum absolute atomic E-state index is 12.3. The predicted molar refractivity (Wildman–Crippen MR) is 116 cm³/mol. The van der Waals surface area contributed by atoms with E-state index in [-0.39, 0.29) is 5.91 Å². The summed E-state index contributed by atoms with van der Waals surface area (Å²) >= 11 is 0. The van der Waals surface area contributed by atoms with Crippen LogP contribution in [-0.4, -0.2) is 74.3 Å². The molecule has 0 atom stereocenters. The Morgan fingerprint density at radius 1 is 0.968 bits per heavy atom. The van der Waals surface area contributed by atoms with E-state index in [1.807, 2.05) is 4.90 Å². The number of nitrogens with zero attached hydrogens (tertiary/aromatic N) is 4. The fourth-order valence-electron chi connectivity index (χ4n) is 3.18. The van der Waals surface area contributed by atoms with Crippen molar-refractivity contribution in [1.29, 1.82) is 0 Å². The SMILES string of the molecule is COC(=O)/C=C/C=C/C(=O)N1CCN(c2nc(N)c3cc(OC)c(OC)cc3n2)CC1. The second kappa shape index (κ2) is 9.79. The van der Waals surface area contributed by atoms with E-state index in [0.717, 1.165) is 0 Å². The molecule has 10 heteroatoms. The molecule has 0 aliphatic carbocycles. The number of hydrogen-bond donors (Lipinski definition) is 1. The van der Waals surface area contributed by atoms with Gasteiger partial charge in [-0.3, -0.25) is 4.79 Å². The highest BCUT2D eigenvalue weighted by Crippen LogP contribution is 2.34. The second-order valence-corrected chi connectivity index (χ2v) is 6.69. The number of piperazine rings is 1. The average molecular weight is 427 g/mol. The van der Waals surface area contributed by atoms with Crippen molar-refractivity contribution < 1.29 is 23.8 Å². The summed E-state index contributed by atoms with van der Waals surface area (Å²) in [6.07, 6.45) is 5.64. The van der Waals surface area contributed by atoms with E-state index in [1.54, 1.807) is 31.3 Å². The van der Waals surface area contributed by atoms with E-state index < -0.39 is 5.97 Å². The van der Waals surface area contributed by atoms with Crippen molar-refractivity contribution >= 4 is 34.5 Å². The Morgan fingerprint density at radius 3 is 2.26 bits per heavy atom. The number of carbonyl (C=O) groups is 2. The van der Waals surface area contributed by atoms with Crippen LogP contribution in [0.2, 0.25) is 0 Å². The van der Waals surface area contributed by atoms with Crippen LogP contribution < -0.4 is 20.1 Å². The molecule has 0 unspecified atom stereocenters. The van der Waals surface area contributed by atoms with Crippen molar-refractivity contribution in [2.24, 2.45) is 0 Å². The van der Waals surface area contributed by atoms with Gasteiger partial charge < -0.3 is 29.7 Å². The first kappa shape index (κ1) is 21.9. The topological polar surface area (TPSA) is 120 Å². The second-order valence-electron chi connectivity index (χ2n) is 6.69. The molecule has 1 aliphatic heterocycles. The maximum Gasteiger partial charge on any atom is 0.330 e. The number of nitrogens with two attached hydrogens (primary N) is 1. The van der Waals surface area contributed by atoms with Gasteiger partial charge in [0.15, 0.2) is 11.5 Å². The highest BCUT2D eigenvalue weighted by molar-refractivity contribution is 5.92. The van der Waals surface area contributed by atoms with Crippen LogP contribution in [0, 0.1) is 0 Å². The van der Waals surface area contributed by atoms with Crippen LogP contribution >= 0.6 is 0 Å². The Labute approximate surface area is 179 Å². The Kier molecular flexibility index (Phi) is 6.91. The van der Waals surface area contributed by atoms with Gasteiger partial charge in [-0.2, -0.15) is 4.98 Å². The van der Waals surface area contributed by atoms with E-state index in [1.165, 1.54) is 31.4 Å². The quantitative estimate of drug-likeness (QED) is 0.411. The molecular formula is C21H25N5O5. The molecule has 0 spiro atoms. The van der Waals surface area contributed by atoms with Crippen LogP contribution in [0.3, 0.4) is 0 Å². The third-order valence-corrected chi connectivity index (χ3v) is 4.88. The standard InChI is InChI=1S/C21H25N5O5/c1-29-16-12-14-15(13-17(16)30-2)23-21(24-20(14)22)26-10-8-25(9-11-26)18(27)6-4-5-7-19(28)31-3/h4-7,12-13H,8-11H2,1-3H3,(H2,22,23,24)/b6-4+,7-5+. The predicted octanol–water partition coefficient (Wildman–Crippen LogP) is 1.16. The molecule has 1 amide bonds. The van der Waals surface area contributed by atoms with Gasteiger partial charge in [0.05, 0.1) is 26.8 Å². The Hall–Kier alpha value is -3.82. The molecule has 0 bridgehead atoms. The van der Waals surface area contributed by atoms with Gasteiger partial charge in [-0.1, -0.05) is 12.2 Å². The largest absolute Gasteiger partial charge is 0.493 e. The molecule has 1 fully saturated rings. The third-order valence-electron chi connectivity index (χ3n) is 4.88. The fourth-order valence-corrected chi connectivity index (χ4v) is 3.18. The van der Waals surface area contributed by atoms with Crippen LogP contribution in [-0.2, 0) is 14.3 Å².